The van der Waals surface area contributed by atoms with Crippen LogP contribution in [-0.4, -0.2) is 29.0 Å². The summed E-state index contributed by atoms with van der Waals surface area (Å²) in [5.74, 6) is 2.78. The summed E-state index contributed by atoms with van der Waals surface area (Å²) in [6.07, 6.45) is 0. The van der Waals surface area contributed by atoms with E-state index in [1.165, 1.54) is 0 Å². The summed E-state index contributed by atoms with van der Waals surface area (Å²) in [6, 6.07) is 5.48. The second-order valence-electron chi connectivity index (χ2n) is 2.76. The van der Waals surface area contributed by atoms with Gasteiger partial charge in [-0.05, 0) is 18.2 Å². The summed E-state index contributed by atoms with van der Waals surface area (Å²) < 4.78 is 0. The molecule has 0 bridgehead atoms. The molecule has 0 fully saturated rings. The van der Waals surface area contributed by atoms with Crippen molar-refractivity contribution in [3.8, 4) is 0 Å². The Hall–Kier alpha value is 0.460. The van der Waals surface area contributed by atoms with Gasteiger partial charge in [0.25, 0.3) is 0 Å². The quantitative estimate of drug-likeness (QED) is 0.633. The lowest BCUT2D eigenvalue weighted by atomic mass is 10.4. The van der Waals surface area contributed by atoms with Gasteiger partial charge in [0, 0.05) is 27.2 Å². The molecule has 0 amide bonds. The highest BCUT2D eigenvalue weighted by molar-refractivity contribution is 8.03. The Morgan fingerprint density at radius 3 is 2.67 bits per heavy atom. The minimum Gasteiger partial charge on any atom is -0.396 e. The summed E-state index contributed by atoms with van der Waals surface area (Å²) in [6.45, 7) is 0.243. The molecule has 5 heteroatoms. The van der Waals surface area contributed by atoms with Gasteiger partial charge in [-0.3, -0.25) is 0 Å². The third-order valence-corrected chi connectivity index (χ3v) is 4.57. The zero-order valence-corrected chi connectivity index (χ0v) is 11.2. The van der Waals surface area contributed by atoms with Crippen molar-refractivity contribution in [2.75, 3.05) is 23.9 Å². The maximum absolute atomic E-state index is 8.60. The van der Waals surface area contributed by atoms with Crippen molar-refractivity contribution >= 4 is 46.7 Å². The van der Waals surface area contributed by atoms with Crippen LogP contribution in [0, 0.1) is 0 Å². The molecule has 0 atom stereocenters. The monoisotopic (exact) mass is 282 g/mol. The second kappa shape index (κ2) is 7.69. The van der Waals surface area contributed by atoms with Gasteiger partial charge < -0.3 is 5.11 Å². The van der Waals surface area contributed by atoms with E-state index in [0.717, 1.165) is 27.2 Å². The highest BCUT2D eigenvalue weighted by Gasteiger charge is 2.01. The maximum Gasteiger partial charge on any atom is 0.0542 e. The predicted molar refractivity (Wildman–Crippen MR) is 71.6 cm³/mol. The van der Waals surface area contributed by atoms with Crippen molar-refractivity contribution in [2.24, 2.45) is 0 Å². The van der Waals surface area contributed by atoms with E-state index < -0.39 is 0 Å². The fraction of sp³-hybridized carbons (Fsp3) is 0.400. The first-order valence-electron chi connectivity index (χ1n) is 4.50. The van der Waals surface area contributed by atoms with Crippen LogP contribution in [0.3, 0.4) is 0 Å². The Kier molecular flexibility index (Phi) is 6.93. The zero-order valence-electron chi connectivity index (χ0n) is 8.08. The number of rotatable bonds is 6. The molecule has 1 nitrogen and oxygen atoms in total. The molecule has 15 heavy (non-hydrogen) atoms. The van der Waals surface area contributed by atoms with Gasteiger partial charge in [-0.25, -0.2) is 0 Å². The smallest absolute Gasteiger partial charge is 0.0542 e. The van der Waals surface area contributed by atoms with E-state index in [-0.39, 0.29) is 6.61 Å². The lowest BCUT2D eigenvalue weighted by Crippen LogP contribution is -1.90. The molecule has 1 rings (SSSR count). The van der Waals surface area contributed by atoms with Crippen LogP contribution in [0.1, 0.15) is 0 Å². The molecular weight excluding hydrogens is 271 g/mol. The molecule has 0 saturated carbocycles. The summed E-state index contributed by atoms with van der Waals surface area (Å²) in [4.78, 5) is 1.02. The summed E-state index contributed by atoms with van der Waals surface area (Å²) in [5, 5.41) is 10.1. The topological polar surface area (TPSA) is 20.2 Å². The number of thioether (sulfide) groups is 2. The van der Waals surface area contributed by atoms with E-state index in [2.05, 4.69) is 0 Å². The van der Waals surface area contributed by atoms with Crippen LogP contribution in [0.15, 0.2) is 23.1 Å². The molecule has 0 aromatic heterocycles. The molecule has 0 heterocycles. The Balaban J connectivity index is 2.33. The summed E-state index contributed by atoms with van der Waals surface area (Å²) in [7, 11) is 0. The van der Waals surface area contributed by atoms with Crippen molar-refractivity contribution in [2.45, 2.75) is 4.90 Å². The standard InChI is InChI=1S/C10H12Cl2OS2/c11-8-1-2-9(12)10(7-8)15-6-5-14-4-3-13/h1-2,7,13H,3-6H2. The number of hydrogen-bond acceptors (Lipinski definition) is 3. The zero-order chi connectivity index (χ0) is 11.1. The van der Waals surface area contributed by atoms with Crippen molar-refractivity contribution in [3.63, 3.8) is 0 Å². The molecular formula is C10H12Cl2OS2. The van der Waals surface area contributed by atoms with E-state index in [4.69, 9.17) is 28.3 Å². The van der Waals surface area contributed by atoms with Crippen LogP contribution in [0.4, 0.5) is 0 Å². The average Bonchev–Trinajstić information content (AvgIpc) is 2.23. The van der Waals surface area contributed by atoms with Crippen molar-refractivity contribution in [1.82, 2.24) is 0 Å². The fourth-order valence-electron chi connectivity index (χ4n) is 0.965. The second-order valence-corrected chi connectivity index (χ2v) is 5.96. The SMILES string of the molecule is OCCSCCSc1cc(Cl)ccc1Cl. The van der Waals surface area contributed by atoms with Crippen LogP contribution < -0.4 is 0 Å². The Morgan fingerprint density at radius 2 is 1.93 bits per heavy atom. The number of aliphatic hydroxyl groups excluding tert-OH is 1. The molecule has 0 radical (unpaired) electrons. The van der Waals surface area contributed by atoms with Gasteiger partial charge in [0.1, 0.15) is 0 Å². The maximum atomic E-state index is 8.60. The van der Waals surface area contributed by atoms with Gasteiger partial charge in [0.2, 0.25) is 0 Å². The van der Waals surface area contributed by atoms with E-state index in [1.54, 1.807) is 29.6 Å². The molecule has 1 N–H and O–H groups in total. The van der Waals surface area contributed by atoms with Crippen LogP contribution in [0.25, 0.3) is 0 Å². The first-order chi connectivity index (χ1) is 7.24. The van der Waals surface area contributed by atoms with Gasteiger partial charge in [-0.15, -0.1) is 11.8 Å². The van der Waals surface area contributed by atoms with Crippen molar-refractivity contribution < 1.29 is 5.11 Å². The van der Waals surface area contributed by atoms with Gasteiger partial charge in [0.15, 0.2) is 0 Å². The van der Waals surface area contributed by atoms with E-state index >= 15 is 0 Å². The van der Waals surface area contributed by atoms with E-state index in [1.807, 2.05) is 12.1 Å². The van der Waals surface area contributed by atoms with Crippen LogP contribution in [-0.2, 0) is 0 Å². The molecule has 0 aliphatic rings. The Labute approximate surface area is 109 Å². The Morgan fingerprint density at radius 1 is 1.13 bits per heavy atom. The van der Waals surface area contributed by atoms with Gasteiger partial charge >= 0.3 is 0 Å². The predicted octanol–water partition coefficient (Wildman–Crippen LogP) is 3.81. The average molecular weight is 283 g/mol. The van der Waals surface area contributed by atoms with E-state index in [0.29, 0.717) is 5.02 Å². The first kappa shape index (κ1) is 13.5. The summed E-state index contributed by atoms with van der Waals surface area (Å²) in [5.41, 5.74) is 0. The number of hydrogen-bond donors (Lipinski definition) is 1. The third kappa shape index (κ3) is 5.36. The van der Waals surface area contributed by atoms with Gasteiger partial charge in [-0.1, -0.05) is 23.2 Å². The molecule has 0 aliphatic carbocycles. The third-order valence-electron chi connectivity index (χ3n) is 1.61. The minimum absolute atomic E-state index is 0.243. The van der Waals surface area contributed by atoms with Crippen LogP contribution in [0.5, 0.6) is 0 Å². The minimum atomic E-state index is 0.243. The molecule has 1 aromatic rings. The normalized spacial score (nSPS) is 10.6. The van der Waals surface area contributed by atoms with Gasteiger partial charge in [0.05, 0.1) is 11.6 Å². The molecule has 0 saturated heterocycles. The van der Waals surface area contributed by atoms with Crippen LogP contribution in [0.2, 0.25) is 10.0 Å². The number of halogens is 2. The highest BCUT2D eigenvalue weighted by Crippen LogP contribution is 2.30. The molecule has 0 unspecified atom stereocenters. The largest absolute Gasteiger partial charge is 0.396 e. The number of aliphatic hydroxyl groups is 1. The lowest BCUT2D eigenvalue weighted by Gasteiger charge is -2.04. The molecule has 0 aliphatic heterocycles. The van der Waals surface area contributed by atoms with Crippen LogP contribution >= 0.6 is 46.7 Å². The van der Waals surface area contributed by atoms with Crippen molar-refractivity contribution in [1.29, 1.82) is 0 Å². The summed E-state index contributed by atoms with van der Waals surface area (Å²) >= 11 is 15.3. The Bertz CT molecular complexity index is 307. The van der Waals surface area contributed by atoms with Gasteiger partial charge in [-0.2, -0.15) is 11.8 Å². The first-order valence-corrected chi connectivity index (χ1v) is 7.40. The molecule has 0 spiro atoms. The number of benzene rings is 1. The fourth-order valence-corrected chi connectivity index (χ4v) is 3.26. The highest BCUT2D eigenvalue weighted by atomic mass is 35.5. The van der Waals surface area contributed by atoms with Crippen molar-refractivity contribution in [3.05, 3.63) is 28.2 Å². The molecule has 84 valence electrons. The van der Waals surface area contributed by atoms with E-state index in [9.17, 15) is 0 Å². The lowest BCUT2D eigenvalue weighted by molar-refractivity contribution is 0.322. The molecule has 1 aromatic carbocycles.